The number of nitrogens with one attached hydrogen (secondary N) is 1. The van der Waals surface area contributed by atoms with E-state index in [2.05, 4.69) is 15.5 Å². The van der Waals surface area contributed by atoms with Gasteiger partial charge in [-0.2, -0.15) is 0 Å². The van der Waals surface area contributed by atoms with Crippen molar-refractivity contribution >= 4 is 28.6 Å². The summed E-state index contributed by atoms with van der Waals surface area (Å²) in [6.07, 6.45) is 1.43. The Morgan fingerprint density at radius 2 is 1.97 bits per heavy atom. The third-order valence-corrected chi connectivity index (χ3v) is 5.48. The standard InChI is InChI=1S/C23H26N4O3/c1-13(2)20-19-17(12-15(4)24-22(19)30-26-20)21(28)25-18-6-5-11-27(23(18)29)16-9-7-14(3)8-10-16/h7-10,12-13,18H,5-6,11H2,1-4H3,(H,25,28). The van der Waals surface area contributed by atoms with E-state index in [9.17, 15) is 9.59 Å². The van der Waals surface area contributed by atoms with Crippen LogP contribution in [-0.2, 0) is 4.79 Å². The second-order valence-electron chi connectivity index (χ2n) is 8.21. The SMILES string of the molecule is Cc1ccc(N2CCCC(NC(=O)c3cc(C)nc4onc(C(C)C)c34)C2=O)cc1. The first kappa shape index (κ1) is 20.1. The molecular formula is C23H26N4O3. The van der Waals surface area contributed by atoms with Gasteiger partial charge in [0.1, 0.15) is 6.04 Å². The average molecular weight is 406 g/mol. The third-order valence-electron chi connectivity index (χ3n) is 5.48. The van der Waals surface area contributed by atoms with E-state index in [1.807, 2.05) is 45.0 Å². The van der Waals surface area contributed by atoms with Gasteiger partial charge in [-0.05, 0) is 50.8 Å². The average Bonchev–Trinajstić information content (AvgIpc) is 3.13. The lowest BCUT2D eigenvalue weighted by Gasteiger charge is -2.32. The second kappa shape index (κ2) is 7.89. The number of carbonyl (C=O) groups is 2. The lowest BCUT2D eigenvalue weighted by molar-refractivity contribution is -0.121. The summed E-state index contributed by atoms with van der Waals surface area (Å²) in [4.78, 5) is 32.4. The highest BCUT2D eigenvalue weighted by molar-refractivity contribution is 6.08. The van der Waals surface area contributed by atoms with Crippen LogP contribution in [0.3, 0.4) is 0 Å². The first-order valence-electron chi connectivity index (χ1n) is 10.3. The zero-order chi connectivity index (χ0) is 21.4. The highest BCUT2D eigenvalue weighted by Crippen LogP contribution is 2.28. The molecule has 4 rings (SSSR count). The number of hydrogen-bond donors (Lipinski definition) is 1. The maximum atomic E-state index is 13.2. The van der Waals surface area contributed by atoms with E-state index in [0.29, 0.717) is 41.0 Å². The number of pyridine rings is 1. The topological polar surface area (TPSA) is 88.3 Å². The van der Waals surface area contributed by atoms with E-state index in [1.54, 1.807) is 17.9 Å². The lowest BCUT2D eigenvalue weighted by atomic mass is 10.0. The van der Waals surface area contributed by atoms with Crippen LogP contribution < -0.4 is 10.2 Å². The number of rotatable bonds is 4. The van der Waals surface area contributed by atoms with Gasteiger partial charge in [-0.3, -0.25) is 9.59 Å². The van der Waals surface area contributed by atoms with Crippen LogP contribution >= 0.6 is 0 Å². The Bertz CT molecular complexity index is 1100. The molecule has 2 aromatic heterocycles. The van der Waals surface area contributed by atoms with Crippen molar-refractivity contribution < 1.29 is 14.1 Å². The van der Waals surface area contributed by atoms with Gasteiger partial charge >= 0.3 is 0 Å². The summed E-state index contributed by atoms with van der Waals surface area (Å²) < 4.78 is 5.36. The van der Waals surface area contributed by atoms with Gasteiger partial charge in [0, 0.05) is 17.9 Å². The first-order chi connectivity index (χ1) is 14.3. The van der Waals surface area contributed by atoms with E-state index in [-0.39, 0.29) is 17.7 Å². The molecule has 0 spiro atoms. The van der Waals surface area contributed by atoms with Gasteiger partial charge < -0.3 is 14.7 Å². The first-order valence-corrected chi connectivity index (χ1v) is 10.3. The van der Waals surface area contributed by atoms with Crippen LogP contribution in [0.15, 0.2) is 34.9 Å². The van der Waals surface area contributed by atoms with E-state index in [4.69, 9.17) is 4.52 Å². The van der Waals surface area contributed by atoms with E-state index >= 15 is 0 Å². The number of hydrogen-bond acceptors (Lipinski definition) is 5. The molecule has 1 aromatic carbocycles. The molecule has 1 aliphatic rings. The van der Waals surface area contributed by atoms with Crippen molar-refractivity contribution in [1.29, 1.82) is 0 Å². The zero-order valence-electron chi connectivity index (χ0n) is 17.7. The summed E-state index contributed by atoms with van der Waals surface area (Å²) in [5, 5.41) is 7.67. The molecule has 7 heteroatoms. The predicted molar refractivity (Wildman–Crippen MR) is 115 cm³/mol. The molecule has 3 aromatic rings. The number of anilines is 1. The predicted octanol–water partition coefficient (Wildman–Crippen LogP) is 3.89. The number of piperidine rings is 1. The summed E-state index contributed by atoms with van der Waals surface area (Å²) in [5.41, 5.74) is 4.14. The van der Waals surface area contributed by atoms with Gasteiger partial charge in [-0.15, -0.1) is 0 Å². The monoisotopic (exact) mass is 406 g/mol. The van der Waals surface area contributed by atoms with Crippen molar-refractivity contribution in [3.63, 3.8) is 0 Å². The lowest BCUT2D eigenvalue weighted by Crippen LogP contribution is -2.52. The highest BCUT2D eigenvalue weighted by Gasteiger charge is 2.32. The summed E-state index contributed by atoms with van der Waals surface area (Å²) in [6.45, 7) is 8.44. The Kier molecular flexibility index (Phi) is 5.28. The van der Waals surface area contributed by atoms with Crippen molar-refractivity contribution in [1.82, 2.24) is 15.5 Å². The molecule has 0 radical (unpaired) electrons. The number of amides is 2. The van der Waals surface area contributed by atoms with Crippen LogP contribution in [0.1, 0.15) is 59.9 Å². The number of aryl methyl sites for hydroxylation is 2. The fourth-order valence-electron chi connectivity index (χ4n) is 3.90. The van der Waals surface area contributed by atoms with Gasteiger partial charge in [0.15, 0.2) is 0 Å². The maximum Gasteiger partial charge on any atom is 0.259 e. The van der Waals surface area contributed by atoms with Crippen LogP contribution in [-0.4, -0.2) is 34.5 Å². The number of fused-ring (bicyclic) bond motifs is 1. The molecule has 1 saturated heterocycles. The highest BCUT2D eigenvalue weighted by atomic mass is 16.5. The summed E-state index contributed by atoms with van der Waals surface area (Å²) in [6, 6.07) is 9.02. The molecule has 1 aliphatic heterocycles. The Morgan fingerprint density at radius 3 is 2.67 bits per heavy atom. The molecule has 156 valence electrons. The van der Waals surface area contributed by atoms with Crippen LogP contribution in [0.25, 0.3) is 11.1 Å². The molecule has 0 bridgehead atoms. The van der Waals surface area contributed by atoms with Gasteiger partial charge in [0.2, 0.25) is 5.91 Å². The van der Waals surface area contributed by atoms with E-state index < -0.39 is 6.04 Å². The van der Waals surface area contributed by atoms with Crippen LogP contribution in [0.4, 0.5) is 5.69 Å². The summed E-state index contributed by atoms with van der Waals surface area (Å²) in [7, 11) is 0. The van der Waals surface area contributed by atoms with Crippen LogP contribution in [0.2, 0.25) is 0 Å². The van der Waals surface area contributed by atoms with E-state index in [0.717, 1.165) is 17.7 Å². The number of benzene rings is 1. The molecule has 30 heavy (non-hydrogen) atoms. The Labute approximate surface area is 175 Å². The smallest absolute Gasteiger partial charge is 0.259 e. The molecule has 3 heterocycles. The molecule has 0 aliphatic carbocycles. The minimum Gasteiger partial charge on any atom is -0.340 e. The number of aromatic nitrogens is 2. The minimum atomic E-state index is -0.571. The largest absolute Gasteiger partial charge is 0.340 e. The molecule has 1 atom stereocenters. The molecular weight excluding hydrogens is 380 g/mol. The second-order valence-corrected chi connectivity index (χ2v) is 8.21. The van der Waals surface area contributed by atoms with Crippen molar-refractivity contribution in [2.75, 3.05) is 11.4 Å². The van der Waals surface area contributed by atoms with Crippen LogP contribution in [0.5, 0.6) is 0 Å². The molecule has 0 saturated carbocycles. The van der Waals surface area contributed by atoms with Gasteiger partial charge in [-0.25, -0.2) is 4.98 Å². The Hall–Kier alpha value is -3.22. The van der Waals surface area contributed by atoms with Crippen molar-refractivity contribution in [2.45, 2.75) is 52.5 Å². The normalized spacial score (nSPS) is 17.0. The summed E-state index contributed by atoms with van der Waals surface area (Å²) in [5.74, 6) is -0.315. The van der Waals surface area contributed by atoms with Gasteiger partial charge in [0.25, 0.3) is 11.6 Å². The molecule has 7 nitrogen and oxygen atoms in total. The third kappa shape index (κ3) is 3.67. The molecule has 1 fully saturated rings. The van der Waals surface area contributed by atoms with Crippen molar-refractivity contribution in [3.05, 3.63) is 52.8 Å². The Morgan fingerprint density at radius 1 is 1.23 bits per heavy atom. The minimum absolute atomic E-state index is 0.0793. The summed E-state index contributed by atoms with van der Waals surface area (Å²) >= 11 is 0. The fourth-order valence-corrected chi connectivity index (χ4v) is 3.90. The van der Waals surface area contributed by atoms with Crippen LogP contribution in [0, 0.1) is 13.8 Å². The Balaban J connectivity index is 1.61. The van der Waals surface area contributed by atoms with Crippen molar-refractivity contribution in [3.8, 4) is 0 Å². The van der Waals surface area contributed by atoms with Crippen molar-refractivity contribution in [2.24, 2.45) is 0 Å². The quantitative estimate of drug-likeness (QED) is 0.710. The fraction of sp³-hybridized carbons (Fsp3) is 0.391. The van der Waals surface area contributed by atoms with E-state index in [1.165, 1.54) is 0 Å². The zero-order valence-corrected chi connectivity index (χ0v) is 17.7. The molecule has 1 N–H and O–H groups in total. The number of nitrogens with zero attached hydrogens (tertiary/aromatic N) is 3. The number of carbonyl (C=O) groups excluding carboxylic acids is 2. The maximum absolute atomic E-state index is 13.2. The van der Waals surface area contributed by atoms with Gasteiger partial charge in [-0.1, -0.05) is 36.7 Å². The molecule has 1 unspecified atom stereocenters. The van der Waals surface area contributed by atoms with Gasteiger partial charge in [0.05, 0.1) is 16.6 Å². The molecule has 2 amide bonds.